The quantitative estimate of drug-likeness (QED) is 0.324. The Kier molecular flexibility index (Phi) is 20.5. The van der Waals surface area contributed by atoms with Crippen LogP contribution in [0.3, 0.4) is 0 Å². The van der Waals surface area contributed by atoms with E-state index in [1.54, 1.807) is 0 Å². The topological polar surface area (TPSA) is 69.2 Å². The molecule has 0 saturated heterocycles. The van der Waals surface area contributed by atoms with E-state index in [2.05, 4.69) is 12.2 Å². The Hall–Kier alpha value is 0.736. The molecule has 0 aliphatic carbocycles. The van der Waals surface area contributed by atoms with Crippen molar-refractivity contribution in [3.8, 4) is 0 Å². The number of Topliss-reactive ketones (excluding diaryl/α,β-unsaturated/α-hetero) is 1. The Bertz CT molecular complexity index is 247. The number of unbranched alkanes of at least 4 members (excludes halogenated alkanes) is 8. The van der Waals surface area contributed by atoms with Gasteiger partial charge in [-0.05, 0) is 6.42 Å². The van der Waals surface area contributed by atoms with Crippen LogP contribution in [0.5, 0.6) is 0 Å². The Morgan fingerprint density at radius 1 is 0.850 bits per heavy atom. The number of aliphatic carboxylic acids is 1. The fourth-order valence-corrected chi connectivity index (χ4v) is 2.03. The molecule has 0 radical (unpaired) electrons. The van der Waals surface area contributed by atoms with Crippen molar-refractivity contribution < 1.29 is 66.1 Å². The van der Waals surface area contributed by atoms with Gasteiger partial charge in [-0.15, -0.1) is 0 Å². The summed E-state index contributed by atoms with van der Waals surface area (Å²) in [6.45, 7) is 2.12. The van der Waals surface area contributed by atoms with Crippen molar-refractivity contribution in [3.63, 3.8) is 0 Å². The molecule has 0 aromatic rings. The number of carboxylic acid groups (broad SMARTS) is 1. The van der Waals surface area contributed by atoms with Crippen molar-refractivity contribution in [1.82, 2.24) is 5.32 Å². The molecule has 0 amide bonds. The number of carboxylic acids is 1. The maximum atomic E-state index is 11.4. The third-order valence-corrected chi connectivity index (χ3v) is 3.15. The number of nitrogens with one attached hydrogen (secondary N) is 1. The van der Waals surface area contributed by atoms with Crippen LogP contribution in [-0.4, -0.2) is 24.8 Å². The van der Waals surface area contributed by atoms with Crippen molar-refractivity contribution in [3.05, 3.63) is 0 Å². The minimum Gasteiger partial charge on any atom is -0.549 e. The standard InChI is InChI=1S/C15H29NO3.K/c1-2-3-4-5-6-7-8-9-10-11-14(17)12-16-13-15(18)19;/h16H,2-13H2,1H3,(H,18,19);/q;+1/p-1. The van der Waals surface area contributed by atoms with Gasteiger partial charge in [-0.1, -0.05) is 58.3 Å². The van der Waals surface area contributed by atoms with Crippen LogP contribution < -0.4 is 61.8 Å². The first kappa shape index (κ1) is 23.0. The molecule has 0 rings (SSSR count). The van der Waals surface area contributed by atoms with Gasteiger partial charge < -0.3 is 15.2 Å². The minimum absolute atomic E-state index is 0. The van der Waals surface area contributed by atoms with E-state index in [1.807, 2.05) is 0 Å². The first-order valence-corrected chi connectivity index (χ1v) is 7.59. The number of carbonyl (C=O) groups excluding carboxylic acids is 2. The summed E-state index contributed by atoms with van der Waals surface area (Å²) in [5.74, 6) is -1.08. The average Bonchev–Trinajstić information content (AvgIpc) is 2.36. The fourth-order valence-electron chi connectivity index (χ4n) is 2.03. The van der Waals surface area contributed by atoms with Gasteiger partial charge in [0, 0.05) is 13.0 Å². The van der Waals surface area contributed by atoms with Gasteiger partial charge in [-0.3, -0.25) is 4.79 Å². The van der Waals surface area contributed by atoms with Crippen LogP contribution >= 0.6 is 0 Å². The van der Waals surface area contributed by atoms with E-state index in [9.17, 15) is 14.7 Å². The first-order chi connectivity index (χ1) is 9.16. The summed E-state index contributed by atoms with van der Waals surface area (Å²) < 4.78 is 0. The van der Waals surface area contributed by atoms with Gasteiger partial charge >= 0.3 is 51.4 Å². The average molecular weight is 309 g/mol. The molecule has 1 N–H and O–H groups in total. The summed E-state index contributed by atoms with van der Waals surface area (Å²) in [4.78, 5) is 21.5. The van der Waals surface area contributed by atoms with Gasteiger partial charge in [0.05, 0.1) is 12.5 Å². The maximum Gasteiger partial charge on any atom is 1.00 e. The zero-order chi connectivity index (χ0) is 14.3. The van der Waals surface area contributed by atoms with Crippen LogP contribution in [0.4, 0.5) is 0 Å². The van der Waals surface area contributed by atoms with Crippen LogP contribution in [0.1, 0.15) is 71.1 Å². The SMILES string of the molecule is CCCCCCCCCCCC(=O)CNCC(=O)[O-].[K+]. The number of ketones is 1. The van der Waals surface area contributed by atoms with Crippen LogP contribution in [0, 0.1) is 0 Å². The Labute approximate surface area is 165 Å². The molecule has 0 unspecified atom stereocenters. The molecule has 0 atom stereocenters. The molecule has 0 bridgehead atoms. The van der Waals surface area contributed by atoms with E-state index in [4.69, 9.17) is 0 Å². The molecule has 0 aromatic carbocycles. The predicted octanol–water partition coefficient (Wildman–Crippen LogP) is -1.18. The van der Waals surface area contributed by atoms with E-state index in [0.717, 1.165) is 12.8 Å². The Morgan fingerprint density at radius 2 is 1.35 bits per heavy atom. The molecule has 0 aromatic heterocycles. The second-order valence-electron chi connectivity index (χ2n) is 5.09. The van der Waals surface area contributed by atoms with Gasteiger partial charge in [0.15, 0.2) is 0 Å². The summed E-state index contributed by atoms with van der Waals surface area (Å²) in [7, 11) is 0. The molecule has 0 spiro atoms. The zero-order valence-electron chi connectivity index (χ0n) is 13.2. The summed E-state index contributed by atoms with van der Waals surface area (Å²) in [5.41, 5.74) is 0. The molecule has 0 saturated carbocycles. The molecule has 0 aliphatic rings. The second-order valence-corrected chi connectivity index (χ2v) is 5.09. The maximum absolute atomic E-state index is 11.4. The van der Waals surface area contributed by atoms with Crippen molar-refractivity contribution in [2.24, 2.45) is 0 Å². The third-order valence-electron chi connectivity index (χ3n) is 3.15. The number of carbonyl (C=O) groups is 2. The summed E-state index contributed by atoms with van der Waals surface area (Å²) in [6.07, 6.45) is 11.6. The van der Waals surface area contributed by atoms with Crippen molar-refractivity contribution in [1.29, 1.82) is 0 Å². The third kappa shape index (κ3) is 18.7. The second kappa shape index (κ2) is 17.8. The smallest absolute Gasteiger partial charge is 0.549 e. The molecule has 0 aliphatic heterocycles. The largest absolute Gasteiger partial charge is 1.00 e. The van der Waals surface area contributed by atoms with E-state index in [0.29, 0.717) is 6.42 Å². The monoisotopic (exact) mass is 309 g/mol. The molecule has 0 heterocycles. The van der Waals surface area contributed by atoms with Crippen LogP contribution in [0.2, 0.25) is 0 Å². The van der Waals surface area contributed by atoms with Crippen molar-refractivity contribution in [2.45, 2.75) is 71.1 Å². The van der Waals surface area contributed by atoms with Gasteiger partial charge in [-0.2, -0.15) is 0 Å². The van der Waals surface area contributed by atoms with Crippen molar-refractivity contribution in [2.75, 3.05) is 13.1 Å². The van der Waals surface area contributed by atoms with E-state index in [1.165, 1.54) is 44.9 Å². The zero-order valence-corrected chi connectivity index (χ0v) is 16.3. The molecule has 5 heteroatoms. The van der Waals surface area contributed by atoms with E-state index in [-0.39, 0.29) is 70.3 Å². The summed E-state index contributed by atoms with van der Waals surface area (Å²) in [6, 6.07) is 0. The van der Waals surface area contributed by atoms with Gasteiger partial charge in [0.25, 0.3) is 0 Å². The van der Waals surface area contributed by atoms with Crippen LogP contribution in [0.15, 0.2) is 0 Å². The van der Waals surface area contributed by atoms with Crippen molar-refractivity contribution >= 4 is 11.8 Å². The van der Waals surface area contributed by atoms with E-state index >= 15 is 0 Å². The number of rotatable bonds is 14. The Morgan fingerprint density at radius 3 is 1.85 bits per heavy atom. The predicted molar refractivity (Wildman–Crippen MR) is 74.7 cm³/mol. The van der Waals surface area contributed by atoms with Crippen LogP contribution in [0.25, 0.3) is 0 Å². The van der Waals surface area contributed by atoms with Gasteiger partial charge in [-0.25, -0.2) is 0 Å². The first-order valence-electron chi connectivity index (χ1n) is 7.59. The number of hydrogen-bond donors (Lipinski definition) is 1. The van der Waals surface area contributed by atoms with Gasteiger partial charge in [0.2, 0.25) is 0 Å². The molecule has 112 valence electrons. The molecule has 0 fully saturated rings. The number of hydrogen-bond acceptors (Lipinski definition) is 4. The van der Waals surface area contributed by atoms with Gasteiger partial charge in [0.1, 0.15) is 5.78 Å². The summed E-state index contributed by atoms with van der Waals surface area (Å²) in [5, 5.41) is 12.7. The Balaban J connectivity index is 0. The minimum atomic E-state index is -1.17. The molecule has 20 heavy (non-hydrogen) atoms. The van der Waals surface area contributed by atoms with E-state index < -0.39 is 5.97 Å². The molecule has 4 nitrogen and oxygen atoms in total. The normalized spacial score (nSPS) is 10.1. The summed E-state index contributed by atoms with van der Waals surface area (Å²) >= 11 is 0. The fraction of sp³-hybridized carbons (Fsp3) is 0.867. The molecular formula is C15H28KNO3. The van der Waals surface area contributed by atoms with Crippen LogP contribution in [-0.2, 0) is 9.59 Å². The molecular weight excluding hydrogens is 281 g/mol.